The highest BCUT2D eigenvalue weighted by Gasteiger charge is 2.33. The Morgan fingerprint density at radius 3 is 2.15 bits per heavy atom. The number of hydrogen-bond donors (Lipinski definition) is 0. The highest BCUT2D eigenvalue weighted by molar-refractivity contribution is 5.50. The molecule has 0 saturated carbocycles. The van der Waals surface area contributed by atoms with Gasteiger partial charge in [-0.15, -0.1) is 10.2 Å². The zero-order valence-corrected chi connectivity index (χ0v) is 15.5. The fraction of sp³-hybridized carbons (Fsp3) is 0.600. The summed E-state index contributed by atoms with van der Waals surface area (Å²) in [6.45, 7) is 1.95. The smallest absolute Gasteiger partial charge is 0.151 e. The molecule has 1 aliphatic heterocycles. The standard InChI is InChI=1S/C20H26N6/c1-25(19-10-14-6-2-4-8-17(14)21-23-19)16-12-26(13-16)20-11-15-7-3-5-9-18(15)22-24-20/h10-11,16H,2-9,12-13H2,1H3. The molecule has 5 rings (SSSR count). The summed E-state index contributed by atoms with van der Waals surface area (Å²) < 4.78 is 0. The first kappa shape index (κ1) is 16.0. The maximum Gasteiger partial charge on any atom is 0.151 e. The van der Waals surface area contributed by atoms with Crippen LogP contribution in [-0.2, 0) is 25.7 Å². The van der Waals surface area contributed by atoms with Crippen LogP contribution in [0.5, 0.6) is 0 Å². The molecule has 26 heavy (non-hydrogen) atoms. The van der Waals surface area contributed by atoms with E-state index in [4.69, 9.17) is 0 Å². The zero-order valence-electron chi connectivity index (χ0n) is 15.5. The molecule has 0 amide bonds. The molecule has 2 aromatic rings. The van der Waals surface area contributed by atoms with Crippen LogP contribution in [-0.4, -0.2) is 46.6 Å². The SMILES string of the molecule is CN(c1cc2c(nn1)CCCC2)C1CN(c2cc3c(nn2)CCCC3)C1. The van der Waals surface area contributed by atoms with Gasteiger partial charge in [-0.05, 0) is 74.6 Å². The number of anilines is 2. The summed E-state index contributed by atoms with van der Waals surface area (Å²) in [7, 11) is 2.14. The number of hydrogen-bond acceptors (Lipinski definition) is 6. The second-order valence-corrected chi connectivity index (χ2v) is 7.93. The fourth-order valence-corrected chi connectivity index (χ4v) is 4.36. The van der Waals surface area contributed by atoms with Gasteiger partial charge in [0.05, 0.1) is 17.4 Å². The van der Waals surface area contributed by atoms with E-state index in [1.54, 1.807) is 0 Å². The Balaban J connectivity index is 1.26. The molecule has 6 nitrogen and oxygen atoms in total. The molecule has 3 heterocycles. The molecule has 0 bridgehead atoms. The first-order chi connectivity index (χ1) is 12.8. The van der Waals surface area contributed by atoms with E-state index in [2.05, 4.69) is 49.4 Å². The summed E-state index contributed by atoms with van der Waals surface area (Å²) in [6.07, 6.45) is 9.52. The minimum Gasteiger partial charge on any atom is -0.352 e. The van der Waals surface area contributed by atoms with Crippen molar-refractivity contribution >= 4 is 11.6 Å². The van der Waals surface area contributed by atoms with E-state index < -0.39 is 0 Å². The van der Waals surface area contributed by atoms with Gasteiger partial charge >= 0.3 is 0 Å². The van der Waals surface area contributed by atoms with Gasteiger partial charge in [0.15, 0.2) is 11.6 Å². The van der Waals surface area contributed by atoms with Gasteiger partial charge in [0.2, 0.25) is 0 Å². The van der Waals surface area contributed by atoms with E-state index >= 15 is 0 Å². The summed E-state index contributed by atoms with van der Waals surface area (Å²) >= 11 is 0. The van der Waals surface area contributed by atoms with E-state index in [0.29, 0.717) is 6.04 Å². The molecule has 0 aromatic carbocycles. The molecule has 0 radical (unpaired) electrons. The largest absolute Gasteiger partial charge is 0.352 e. The number of aryl methyl sites for hydroxylation is 4. The molecule has 0 unspecified atom stereocenters. The Hall–Kier alpha value is -2.24. The molecule has 0 spiro atoms. The van der Waals surface area contributed by atoms with Crippen molar-refractivity contribution in [3.63, 3.8) is 0 Å². The Labute approximate surface area is 154 Å². The molecule has 1 fully saturated rings. The first-order valence-electron chi connectivity index (χ1n) is 9.96. The molecule has 2 aliphatic carbocycles. The third kappa shape index (κ3) is 2.81. The maximum absolute atomic E-state index is 4.48. The highest BCUT2D eigenvalue weighted by Crippen LogP contribution is 2.28. The quantitative estimate of drug-likeness (QED) is 0.847. The van der Waals surface area contributed by atoms with Crippen LogP contribution in [0.1, 0.15) is 48.2 Å². The topological polar surface area (TPSA) is 58.0 Å². The molecule has 136 valence electrons. The average molecular weight is 350 g/mol. The summed E-state index contributed by atoms with van der Waals surface area (Å²) in [5.74, 6) is 2.04. The normalized spacial score (nSPS) is 19.5. The van der Waals surface area contributed by atoms with E-state index in [9.17, 15) is 0 Å². The lowest BCUT2D eigenvalue weighted by atomic mass is 9.96. The lowest BCUT2D eigenvalue weighted by Gasteiger charge is -2.45. The number of likely N-dealkylation sites (N-methyl/N-ethyl adjacent to an activating group) is 1. The molecule has 2 aromatic heterocycles. The highest BCUT2D eigenvalue weighted by atomic mass is 15.4. The van der Waals surface area contributed by atoms with Crippen LogP contribution in [0.2, 0.25) is 0 Å². The third-order valence-corrected chi connectivity index (χ3v) is 6.21. The number of aromatic nitrogens is 4. The second kappa shape index (κ2) is 6.49. The number of nitrogens with zero attached hydrogens (tertiary/aromatic N) is 6. The molecule has 1 saturated heterocycles. The molecular formula is C20H26N6. The van der Waals surface area contributed by atoms with Crippen molar-refractivity contribution in [3.05, 3.63) is 34.6 Å². The van der Waals surface area contributed by atoms with Gasteiger partial charge in [-0.1, -0.05) is 0 Å². The Morgan fingerprint density at radius 1 is 0.808 bits per heavy atom. The van der Waals surface area contributed by atoms with Gasteiger partial charge in [0.1, 0.15) is 0 Å². The van der Waals surface area contributed by atoms with Crippen LogP contribution in [0.3, 0.4) is 0 Å². The second-order valence-electron chi connectivity index (χ2n) is 7.93. The third-order valence-electron chi connectivity index (χ3n) is 6.21. The minimum atomic E-state index is 0.462. The number of fused-ring (bicyclic) bond motifs is 2. The van der Waals surface area contributed by atoms with Crippen molar-refractivity contribution in [3.8, 4) is 0 Å². The first-order valence-corrected chi connectivity index (χ1v) is 9.96. The lowest BCUT2D eigenvalue weighted by Crippen LogP contribution is -2.59. The van der Waals surface area contributed by atoms with Gasteiger partial charge in [0, 0.05) is 20.1 Å². The van der Waals surface area contributed by atoms with Crippen molar-refractivity contribution in [1.29, 1.82) is 0 Å². The van der Waals surface area contributed by atoms with Gasteiger partial charge in [-0.25, -0.2) is 0 Å². The molecule has 0 atom stereocenters. The van der Waals surface area contributed by atoms with Gasteiger partial charge < -0.3 is 9.80 Å². The average Bonchev–Trinajstić information content (AvgIpc) is 2.66. The predicted molar refractivity (Wildman–Crippen MR) is 102 cm³/mol. The van der Waals surface area contributed by atoms with Gasteiger partial charge in [0.25, 0.3) is 0 Å². The molecule has 0 N–H and O–H groups in total. The van der Waals surface area contributed by atoms with Crippen LogP contribution in [0, 0.1) is 0 Å². The van der Waals surface area contributed by atoms with Crippen molar-refractivity contribution in [1.82, 2.24) is 20.4 Å². The monoisotopic (exact) mass is 350 g/mol. The summed E-state index contributed by atoms with van der Waals surface area (Å²) in [5, 5.41) is 17.9. The summed E-state index contributed by atoms with van der Waals surface area (Å²) in [5.41, 5.74) is 5.20. The molecule has 6 heteroatoms. The van der Waals surface area contributed by atoms with Crippen molar-refractivity contribution in [2.75, 3.05) is 29.9 Å². The van der Waals surface area contributed by atoms with Crippen LogP contribution in [0.4, 0.5) is 11.6 Å². The van der Waals surface area contributed by atoms with Crippen LogP contribution >= 0.6 is 0 Å². The molecule has 3 aliphatic rings. The van der Waals surface area contributed by atoms with E-state index in [1.807, 2.05) is 0 Å². The fourth-order valence-electron chi connectivity index (χ4n) is 4.36. The Morgan fingerprint density at radius 2 is 1.42 bits per heavy atom. The van der Waals surface area contributed by atoms with E-state index in [-0.39, 0.29) is 0 Å². The maximum atomic E-state index is 4.48. The Bertz CT molecular complexity index is 814. The van der Waals surface area contributed by atoms with Gasteiger partial charge in [-0.2, -0.15) is 10.2 Å². The summed E-state index contributed by atoms with van der Waals surface area (Å²) in [4.78, 5) is 4.61. The van der Waals surface area contributed by atoms with Gasteiger partial charge in [-0.3, -0.25) is 0 Å². The van der Waals surface area contributed by atoms with Crippen molar-refractivity contribution < 1.29 is 0 Å². The predicted octanol–water partition coefficient (Wildman–Crippen LogP) is 2.35. The van der Waals surface area contributed by atoms with Crippen LogP contribution < -0.4 is 9.80 Å². The van der Waals surface area contributed by atoms with Crippen LogP contribution in [0.15, 0.2) is 12.1 Å². The van der Waals surface area contributed by atoms with E-state index in [0.717, 1.165) is 50.4 Å². The summed E-state index contributed by atoms with van der Waals surface area (Å²) in [6, 6.07) is 4.97. The van der Waals surface area contributed by atoms with Crippen LogP contribution in [0.25, 0.3) is 0 Å². The zero-order chi connectivity index (χ0) is 17.5. The van der Waals surface area contributed by atoms with Crippen molar-refractivity contribution in [2.45, 2.75) is 57.4 Å². The number of rotatable bonds is 3. The lowest BCUT2D eigenvalue weighted by molar-refractivity contribution is 0.484. The van der Waals surface area contributed by atoms with Crippen molar-refractivity contribution in [2.24, 2.45) is 0 Å². The minimum absolute atomic E-state index is 0.462. The van der Waals surface area contributed by atoms with E-state index in [1.165, 1.54) is 48.2 Å². The Kier molecular flexibility index (Phi) is 3.98. The molecular weight excluding hydrogens is 324 g/mol.